The van der Waals surface area contributed by atoms with Gasteiger partial charge < -0.3 is 9.47 Å². The van der Waals surface area contributed by atoms with E-state index < -0.39 is 37.8 Å². The summed E-state index contributed by atoms with van der Waals surface area (Å²) in [6.45, 7) is 0.208. The van der Waals surface area contributed by atoms with Crippen LogP contribution in [-0.2, 0) is 24.6 Å². The average molecular weight is 379 g/mol. The Morgan fingerprint density at radius 3 is 2.67 bits per heavy atom. The van der Waals surface area contributed by atoms with Gasteiger partial charge in [0, 0.05) is 6.54 Å². The maximum atomic E-state index is 12.8. The van der Waals surface area contributed by atoms with E-state index in [1.807, 2.05) is 0 Å². The van der Waals surface area contributed by atoms with Crippen molar-refractivity contribution in [2.24, 2.45) is 0 Å². The summed E-state index contributed by atoms with van der Waals surface area (Å²) >= 11 is 0. The standard InChI is InChI=1S/C14H18FNO6S2/c15-11-1-3-12(4-2-11)21-7-8-24(19,20)16-5-6-22-14-10-23(17,18)9-13(14)16/h1-4,13-14H,5-10H2. The van der Waals surface area contributed by atoms with Crippen LogP contribution in [0.1, 0.15) is 0 Å². The van der Waals surface area contributed by atoms with Crippen molar-refractivity contribution >= 4 is 19.9 Å². The Morgan fingerprint density at radius 1 is 1.25 bits per heavy atom. The smallest absolute Gasteiger partial charge is 0.217 e. The average Bonchev–Trinajstić information content (AvgIpc) is 2.82. The van der Waals surface area contributed by atoms with Gasteiger partial charge >= 0.3 is 0 Å². The zero-order chi connectivity index (χ0) is 17.4. The van der Waals surface area contributed by atoms with Crippen LogP contribution >= 0.6 is 0 Å². The van der Waals surface area contributed by atoms with E-state index in [-0.39, 0.29) is 37.0 Å². The minimum Gasteiger partial charge on any atom is -0.492 e. The number of nitrogens with zero attached hydrogens (tertiary/aromatic N) is 1. The van der Waals surface area contributed by atoms with Gasteiger partial charge in [0.05, 0.1) is 36.0 Å². The van der Waals surface area contributed by atoms with Gasteiger partial charge in [0.15, 0.2) is 9.84 Å². The molecule has 0 amide bonds. The molecule has 2 fully saturated rings. The molecule has 10 heteroatoms. The second-order valence-corrected chi connectivity index (χ2v) is 9.98. The number of morpholine rings is 1. The molecule has 0 N–H and O–H groups in total. The number of sulfonamides is 1. The Hall–Kier alpha value is -1.23. The molecule has 2 unspecified atom stereocenters. The number of fused-ring (bicyclic) bond motifs is 1. The van der Waals surface area contributed by atoms with Gasteiger partial charge in [-0.3, -0.25) is 0 Å². The van der Waals surface area contributed by atoms with E-state index in [2.05, 4.69) is 0 Å². The molecule has 134 valence electrons. The van der Waals surface area contributed by atoms with E-state index in [1.165, 1.54) is 28.6 Å². The molecular formula is C14H18FNO6S2. The fourth-order valence-electron chi connectivity index (χ4n) is 2.94. The highest BCUT2D eigenvalue weighted by atomic mass is 32.2. The molecule has 2 aliphatic rings. The summed E-state index contributed by atoms with van der Waals surface area (Å²) < 4.78 is 73.3. The third kappa shape index (κ3) is 3.88. The van der Waals surface area contributed by atoms with Crippen LogP contribution in [0.4, 0.5) is 4.39 Å². The van der Waals surface area contributed by atoms with Crippen LogP contribution in [0.2, 0.25) is 0 Å². The SMILES string of the molecule is O=S1(=O)CC2OCCN(S(=O)(=O)CCOc3ccc(F)cc3)C2C1. The van der Waals surface area contributed by atoms with Crippen molar-refractivity contribution in [1.82, 2.24) is 4.31 Å². The van der Waals surface area contributed by atoms with E-state index >= 15 is 0 Å². The van der Waals surface area contributed by atoms with Gasteiger partial charge in [-0.1, -0.05) is 0 Å². The summed E-state index contributed by atoms with van der Waals surface area (Å²) in [5.74, 6) is -0.675. The summed E-state index contributed by atoms with van der Waals surface area (Å²) in [7, 11) is -6.96. The molecule has 2 saturated heterocycles. The van der Waals surface area contributed by atoms with E-state index in [0.717, 1.165) is 0 Å². The van der Waals surface area contributed by atoms with Gasteiger partial charge in [-0.2, -0.15) is 4.31 Å². The molecule has 1 aromatic rings. The molecule has 24 heavy (non-hydrogen) atoms. The van der Waals surface area contributed by atoms with Gasteiger partial charge in [0.1, 0.15) is 18.2 Å². The molecule has 0 bridgehead atoms. The molecule has 2 aliphatic heterocycles. The van der Waals surface area contributed by atoms with Crippen LogP contribution in [0.3, 0.4) is 0 Å². The Bertz CT molecular complexity index is 793. The summed E-state index contributed by atoms with van der Waals surface area (Å²) in [6, 6.07) is 4.60. The minimum absolute atomic E-state index is 0.102. The molecule has 1 aromatic carbocycles. The normalized spacial score (nSPS) is 26.9. The maximum absolute atomic E-state index is 12.8. The van der Waals surface area contributed by atoms with Crippen molar-refractivity contribution in [3.05, 3.63) is 30.1 Å². The second-order valence-electron chi connectivity index (χ2n) is 5.78. The number of halogens is 1. The first kappa shape index (κ1) is 17.6. The Balaban J connectivity index is 1.63. The Kier molecular flexibility index (Phi) is 4.82. The molecule has 0 saturated carbocycles. The predicted molar refractivity (Wildman–Crippen MR) is 84.6 cm³/mol. The van der Waals surface area contributed by atoms with Crippen molar-refractivity contribution in [2.75, 3.05) is 37.0 Å². The predicted octanol–water partition coefficient (Wildman–Crippen LogP) is 0.0321. The lowest BCUT2D eigenvalue weighted by atomic mass is 10.2. The molecule has 2 atom stereocenters. The molecule has 0 spiro atoms. The number of ether oxygens (including phenoxy) is 2. The number of benzene rings is 1. The highest BCUT2D eigenvalue weighted by Gasteiger charge is 2.47. The fourth-order valence-corrected chi connectivity index (χ4v) is 6.41. The van der Waals surface area contributed by atoms with Crippen LogP contribution in [0, 0.1) is 5.82 Å². The summed E-state index contributed by atoms with van der Waals surface area (Å²) in [5, 5.41) is 0. The number of hydrogen-bond acceptors (Lipinski definition) is 6. The van der Waals surface area contributed by atoms with E-state index in [1.54, 1.807) is 0 Å². The van der Waals surface area contributed by atoms with Crippen molar-refractivity contribution in [3.63, 3.8) is 0 Å². The molecule has 0 aromatic heterocycles. The quantitative estimate of drug-likeness (QED) is 0.717. The van der Waals surface area contributed by atoms with Gasteiger partial charge in [0.25, 0.3) is 0 Å². The van der Waals surface area contributed by atoms with Crippen LogP contribution in [0.5, 0.6) is 5.75 Å². The fraction of sp³-hybridized carbons (Fsp3) is 0.571. The van der Waals surface area contributed by atoms with Crippen LogP contribution < -0.4 is 4.74 Å². The highest BCUT2D eigenvalue weighted by molar-refractivity contribution is 7.92. The van der Waals surface area contributed by atoms with E-state index in [9.17, 15) is 21.2 Å². The van der Waals surface area contributed by atoms with Crippen LogP contribution in [-0.4, -0.2) is 70.3 Å². The zero-order valence-corrected chi connectivity index (χ0v) is 14.4. The Morgan fingerprint density at radius 2 is 1.96 bits per heavy atom. The monoisotopic (exact) mass is 379 g/mol. The molecule has 0 radical (unpaired) electrons. The highest BCUT2D eigenvalue weighted by Crippen LogP contribution is 2.27. The maximum Gasteiger partial charge on any atom is 0.217 e. The first-order chi connectivity index (χ1) is 11.3. The summed E-state index contributed by atoms with van der Waals surface area (Å²) in [4.78, 5) is 0. The first-order valence-corrected chi connectivity index (χ1v) is 10.9. The van der Waals surface area contributed by atoms with Gasteiger partial charge in [-0.05, 0) is 24.3 Å². The number of sulfone groups is 1. The second kappa shape index (κ2) is 6.58. The lowest BCUT2D eigenvalue weighted by molar-refractivity contribution is -0.0142. The van der Waals surface area contributed by atoms with Crippen LogP contribution in [0.25, 0.3) is 0 Å². The third-order valence-corrected chi connectivity index (χ3v) is 7.60. The van der Waals surface area contributed by atoms with Crippen molar-refractivity contribution < 1.29 is 30.7 Å². The third-order valence-electron chi connectivity index (χ3n) is 4.07. The Labute approximate surface area is 140 Å². The van der Waals surface area contributed by atoms with Crippen molar-refractivity contribution in [1.29, 1.82) is 0 Å². The zero-order valence-electron chi connectivity index (χ0n) is 12.8. The molecular weight excluding hydrogens is 361 g/mol. The van der Waals surface area contributed by atoms with Crippen molar-refractivity contribution in [2.45, 2.75) is 12.1 Å². The van der Waals surface area contributed by atoms with Gasteiger partial charge in [0.2, 0.25) is 10.0 Å². The largest absolute Gasteiger partial charge is 0.492 e. The van der Waals surface area contributed by atoms with Crippen LogP contribution in [0.15, 0.2) is 24.3 Å². The minimum atomic E-state index is -3.68. The van der Waals surface area contributed by atoms with E-state index in [0.29, 0.717) is 5.75 Å². The van der Waals surface area contributed by atoms with E-state index in [4.69, 9.17) is 9.47 Å². The number of rotatable bonds is 5. The summed E-state index contributed by atoms with van der Waals surface area (Å²) in [5.41, 5.74) is 0. The summed E-state index contributed by atoms with van der Waals surface area (Å²) in [6.07, 6.45) is -0.600. The van der Waals surface area contributed by atoms with Gasteiger partial charge in [-0.25, -0.2) is 21.2 Å². The van der Waals surface area contributed by atoms with Gasteiger partial charge in [-0.15, -0.1) is 0 Å². The number of hydrogen-bond donors (Lipinski definition) is 0. The molecule has 0 aliphatic carbocycles. The first-order valence-electron chi connectivity index (χ1n) is 7.47. The lowest BCUT2D eigenvalue weighted by Gasteiger charge is -2.35. The molecule has 2 heterocycles. The lowest BCUT2D eigenvalue weighted by Crippen LogP contribution is -2.54. The molecule has 3 rings (SSSR count). The topological polar surface area (TPSA) is 90.0 Å². The van der Waals surface area contributed by atoms with Crippen molar-refractivity contribution in [3.8, 4) is 5.75 Å². The molecule has 7 nitrogen and oxygen atoms in total.